The second-order valence-corrected chi connectivity index (χ2v) is 7.09. The van der Waals surface area contributed by atoms with Crippen molar-refractivity contribution in [1.29, 1.82) is 0 Å². The first-order valence-corrected chi connectivity index (χ1v) is 7.80. The number of carboxylic acid groups (broad SMARTS) is 1. The van der Waals surface area contributed by atoms with Crippen LogP contribution >= 0.6 is 11.8 Å². The highest BCUT2D eigenvalue weighted by molar-refractivity contribution is 8.01. The summed E-state index contributed by atoms with van der Waals surface area (Å²) in [6.45, 7) is 3.94. The van der Waals surface area contributed by atoms with Crippen LogP contribution in [0.3, 0.4) is 0 Å². The minimum Gasteiger partial charge on any atom is -0.481 e. The molecule has 2 saturated heterocycles. The maximum absolute atomic E-state index is 12.2. The smallest absolute Gasteiger partial charge is 0.306 e. The number of amides is 2. The molecule has 2 heterocycles. The molecule has 7 heteroatoms. The molecule has 2 fully saturated rings. The molecular formula is C13H20N2O4S. The van der Waals surface area contributed by atoms with Crippen molar-refractivity contribution >= 4 is 29.5 Å². The molecule has 2 aliphatic rings. The van der Waals surface area contributed by atoms with Crippen molar-refractivity contribution < 1.29 is 19.5 Å². The maximum Gasteiger partial charge on any atom is 0.306 e. The molecule has 0 aromatic carbocycles. The van der Waals surface area contributed by atoms with Crippen LogP contribution in [-0.4, -0.2) is 51.0 Å². The van der Waals surface area contributed by atoms with Gasteiger partial charge in [0.25, 0.3) is 0 Å². The molecule has 0 saturated carbocycles. The van der Waals surface area contributed by atoms with E-state index in [9.17, 15) is 14.4 Å². The molecule has 0 bridgehead atoms. The van der Waals surface area contributed by atoms with Crippen LogP contribution in [0.1, 0.15) is 33.1 Å². The Morgan fingerprint density at radius 1 is 1.60 bits per heavy atom. The fourth-order valence-corrected chi connectivity index (χ4v) is 4.10. The molecule has 2 aliphatic heterocycles. The van der Waals surface area contributed by atoms with E-state index >= 15 is 0 Å². The number of hydrogen-bond donors (Lipinski definition) is 2. The van der Waals surface area contributed by atoms with E-state index in [2.05, 4.69) is 5.32 Å². The summed E-state index contributed by atoms with van der Waals surface area (Å²) >= 11 is 1.65. The van der Waals surface area contributed by atoms with E-state index in [0.717, 1.165) is 6.42 Å². The number of nitrogens with zero attached hydrogens (tertiary/aromatic N) is 1. The fourth-order valence-electron chi connectivity index (χ4n) is 2.67. The lowest BCUT2D eigenvalue weighted by atomic mass is 10.1. The van der Waals surface area contributed by atoms with Gasteiger partial charge >= 0.3 is 5.97 Å². The molecular weight excluding hydrogens is 280 g/mol. The zero-order valence-corrected chi connectivity index (χ0v) is 12.5. The van der Waals surface area contributed by atoms with Gasteiger partial charge in [0.15, 0.2) is 0 Å². The molecule has 0 spiro atoms. The van der Waals surface area contributed by atoms with Crippen molar-refractivity contribution in [2.24, 2.45) is 5.92 Å². The number of thioether (sulfide) groups is 1. The number of carbonyl (C=O) groups excluding carboxylic acids is 2. The molecule has 0 aromatic rings. The highest BCUT2D eigenvalue weighted by Gasteiger charge is 2.52. The van der Waals surface area contributed by atoms with Gasteiger partial charge in [-0.2, -0.15) is 0 Å². The highest BCUT2D eigenvalue weighted by Crippen LogP contribution is 2.47. The van der Waals surface area contributed by atoms with Gasteiger partial charge in [-0.1, -0.05) is 6.92 Å². The molecule has 3 unspecified atom stereocenters. The van der Waals surface area contributed by atoms with Crippen molar-refractivity contribution in [2.75, 3.05) is 12.3 Å². The van der Waals surface area contributed by atoms with E-state index in [-0.39, 0.29) is 16.7 Å². The number of nitrogens with one attached hydrogen (secondary N) is 1. The van der Waals surface area contributed by atoms with E-state index in [0.29, 0.717) is 25.1 Å². The van der Waals surface area contributed by atoms with Gasteiger partial charge < -0.3 is 15.3 Å². The Balaban J connectivity index is 1.87. The van der Waals surface area contributed by atoms with Gasteiger partial charge in [-0.25, -0.2) is 0 Å². The lowest BCUT2D eigenvalue weighted by molar-refractivity contribution is -0.141. The number of aliphatic carboxylic acids is 1. The summed E-state index contributed by atoms with van der Waals surface area (Å²) in [5, 5.41) is 11.5. The number of carbonyl (C=O) groups is 3. The molecule has 0 radical (unpaired) electrons. The summed E-state index contributed by atoms with van der Waals surface area (Å²) in [6, 6.07) is -0.417. The topological polar surface area (TPSA) is 86.7 Å². The largest absolute Gasteiger partial charge is 0.481 e. The maximum atomic E-state index is 12.2. The van der Waals surface area contributed by atoms with Gasteiger partial charge in [-0.15, -0.1) is 11.8 Å². The molecule has 2 amide bonds. The number of fused-ring (bicyclic) bond motifs is 1. The van der Waals surface area contributed by atoms with Crippen molar-refractivity contribution in [3.05, 3.63) is 0 Å². The van der Waals surface area contributed by atoms with Crippen molar-refractivity contribution in [1.82, 2.24) is 10.2 Å². The van der Waals surface area contributed by atoms with Crippen LogP contribution in [0.4, 0.5) is 0 Å². The number of hydrogen-bond acceptors (Lipinski definition) is 4. The van der Waals surface area contributed by atoms with Gasteiger partial charge in [-0.05, 0) is 19.8 Å². The van der Waals surface area contributed by atoms with Gasteiger partial charge in [0.05, 0.1) is 10.8 Å². The monoisotopic (exact) mass is 300 g/mol. The molecule has 0 aliphatic carbocycles. The molecule has 2 rings (SSSR count). The molecule has 3 atom stereocenters. The summed E-state index contributed by atoms with van der Waals surface area (Å²) in [5.41, 5.74) is 0. The van der Waals surface area contributed by atoms with E-state index in [1.165, 1.54) is 0 Å². The molecule has 2 N–H and O–H groups in total. The van der Waals surface area contributed by atoms with Gasteiger partial charge in [0.2, 0.25) is 11.8 Å². The zero-order valence-electron chi connectivity index (χ0n) is 11.7. The predicted molar refractivity (Wildman–Crippen MR) is 75.2 cm³/mol. The van der Waals surface area contributed by atoms with Gasteiger partial charge in [-0.3, -0.25) is 14.4 Å². The lowest BCUT2D eigenvalue weighted by Crippen LogP contribution is -2.50. The Morgan fingerprint density at radius 2 is 2.30 bits per heavy atom. The van der Waals surface area contributed by atoms with Gasteiger partial charge in [0.1, 0.15) is 6.04 Å². The first-order chi connectivity index (χ1) is 9.35. The highest BCUT2D eigenvalue weighted by atomic mass is 32.2. The van der Waals surface area contributed by atoms with Crippen LogP contribution in [0.15, 0.2) is 0 Å². The van der Waals surface area contributed by atoms with E-state index in [1.807, 2.05) is 6.92 Å². The SMILES string of the molecule is CC(CCNC(=O)C1CSC2(C)CCC(=O)N12)C(=O)O. The van der Waals surface area contributed by atoms with Crippen molar-refractivity contribution in [2.45, 2.75) is 44.0 Å². The van der Waals surface area contributed by atoms with Crippen LogP contribution in [0, 0.1) is 5.92 Å². The van der Waals surface area contributed by atoms with Crippen LogP contribution in [0.25, 0.3) is 0 Å². The predicted octanol–water partition coefficient (Wildman–Crippen LogP) is 0.667. The van der Waals surface area contributed by atoms with E-state index in [4.69, 9.17) is 5.11 Å². The first-order valence-electron chi connectivity index (χ1n) is 6.82. The van der Waals surface area contributed by atoms with Crippen molar-refractivity contribution in [3.63, 3.8) is 0 Å². The Hall–Kier alpha value is -1.24. The molecule has 20 heavy (non-hydrogen) atoms. The van der Waals surface area contributed by atoms with E-state index in [1.54, 1.807) is 23.6 Å². The Kier molecular flexibility index (Phi) is 4.27. The third-order valence-electron chi connectivity index (χ3n) is 4.05. The number of rotatable bonds is 5. The Labute approximate surface area is 122 Å². The fraction of sp³-hybridized carbons (Fsp3) is 0.769. The normalized spacial score (nSPS) is 30.2. The van der Waals surface area contributed by atoms with Crippen LogP contribution in [0.2, 0.25) is 0 Å². The number of carboxylic acids is 1. The van der Waals surface area contributed by atoms with Crippen molar-refractivity contribution in [3.8, 4) is 0 Å². The third-order valence-corrected chi connectivity index (χ3v) is 5.55. The standard InChI is InChI=1S/C13H20N2O4S/c1-8(12(18)19)4-6-14-11(17)9-7-20-13(2)5-3-10(16)15(9)13/h8-9H,3-7H2,1-2H3,(H,14,17)(H,18,19). The second-order valence-electron chi connectivity index (χ2n) is 5.58. The summed E-state index contributed by atoms with van der Waals surface area (Å²) in [6.07, 6.45) is 1.69. The molecule has 112 valence electrons. The van der Waals surface area contributed by atoms with Crippen LogP contribution < -0.4 is 5.32 Å². The average molecular weight is 300 g/mol. The zero-order chi connectivity index (χ0) is 14.9. The average Bonchev–Trinajstić information content (AvgIpc) is 2.86. The third kappa shape index (κ3) is 2.77. The minimum atomic E-state index is -0.863. The van der Waals surface area contributed by atoms with Gasteiger partial charge in [0, 0.05) is 18.7 Å². The Morgan fingerprint density at radius 3 is 2.95 bits per heavy atom. The molecule has 6 nitrogen and oxygen atoms in total. The lowest BCUT2D eigenvalue weighted by Gasteiger charge is -2.29. The van der Waals surface area contributed by atoms with E-state index < -0.39 is 17.9 Å². The summed E-state index contributed by atoms with van der Waals surface area (Å²) < 4.78 is 0. The van der Waals surface area contributed by atoms with Crippen LogP contribution in [0.5, 0.6) is 0 Å². The van der Waals surface area contributed by atoms with Crippen LogP contribution in [-0.2, 0) is 14.4 Å². The summed E-state index contributed by atoms with van der Waals surface area (Å²) in [5.74, 6) is -0.863. The molecule has 0 aromatic heterocycles. The Bertz CT molecular complexity index is 442. The minimum absolute atomic E-state index is 0.0385. The first kappa shape index (κ1) is 15.2. The summed E-state index contributed by atoms with van der Waals surface area (Å²) in [4.78, 5) is 36.2. The summed E-state index contributed by atoms with van der Waals surface area (Å²) in [7, 11) is 0. The quantitative estimate of drug-likeness (QED) is 0.779. The second kappa shape index (κ2) is 5.63.